The summed E-state index contributed by atoms with van der Waals surface area (Å²) in [7, 11) is 0. The Hall–Kier alpha value is -2.78. The van der Waals surface area contributed by atoms with Gasteiger partial charge in [0.25, 0.3) is 5.91 Å². The third-order valence-corrected chi connectivity index (χ3v) is 5.29. The van der Waals surface area contributed by atoms with Crippen molar-refractivity contribution in [2.24, 2.45) is 5.73 Å². The van der Waals surface area contributed by atoms with Crippen molar-refractivity contribution in [2.45, 2.75) is 39.0 Å². The highest BCUT2D eigenvalue weighted by atomic mass is 32.1. The van der Waals surface area contributed by atoms with Gasteiger partial charge in [-0.3, -0.25) is 19.4 Å². The molecule has 27 heavy (non-hydrogen) atoms. The molecule has 0 spiro atoms. The van der Waals surface area contributed by atoms with Crippen molar-refractivity contribution in [3.63, 3.8) is 0 Å². The molecule has 2 aromatic rings. The Morgan fingerprint density at radius 2 is 1.96 bits per heavy atom. The number of ether oxygens (including phenoxy) is 1. The van der Waals surface area contributed by atoms with Crippen LogP contribution in [0, 0.1) is 0 Å². The maximum Gasteiger partial charge on any atom is 0.314 e. The van der Waals surface area contributed by atoms with Crippen molar-refractivity contribution < 1.29 is 19.1 Å². The molecule has 3 amide bonds. The van der Waals surface area contributed by atoms with Gasteiger partial charge in [0.1, 0.15) is 5.00 Å². The summed E-state index contributed by atoms with van der Waals surface area (Å²) in [5.74, 6) is -2.30. The smallest absolute Gasteiger partial charge is 0.314 e. The molecular weight excluding hydrogens is 368 g/mol. The number of nitrogens with two attached hydrogens (primary N) is 1. The van der Waals surface area contributed by atoms with E-state index in [1.165, 1.54) is 11.3 Å². The lowest BCUT2D eigenvalue weighted by Gasteiger charge is -2.30. The van der Waals surface area contributed by atoms with Crippen LogP contribution < -0.4 is 16.4 Å². The molecule has 8 nitrogen and oxygen atoms in total. The Kier molecular flexibility index (Phi) is 5.24. The first-order valence-corrected chi connectivity index (χ1v) is 9.15. The summed E-state index contributed by atoms with van der Waals surface area (Å²) in [5.41, 5.74) is 6.94. The van der Waals surface area contributed by atoms with E-state index in [9.17, 15) is 14.4 Å². The molecule has 3 rings (SSSR count). The minimum Gasteiger partial charge on any atom is -0.370 e. The van der Waals surface area contributed by atoms with Crippen LogP contribution in [0.1, 0.15) is 40.2 Å². The molecule has 0 bridgehead atoms. The van der Waals surface area contributed by atoms with E-state index in [1.54, 1.807) is 24.5 Å². The highest BCUT2D eigenvalue weighted by Crippen LogP contribution is 2.40. The zero-order valence-corrected chi connectivity index (χ0v) is 15.8. The molecule has 0 saturated carbocycles. The number of fused-ring (bicyclic) bond motifs is 1. The lowest BCUT2D eigenvalue weighted by Crippen LogP contribution is -2.35. The number of pyridine rings is 1. The topological polar surface area (TPSA) is 123 Å². The minimum atomic E-state index is -0.856. The average Bonchev–Trinajstić information content (AvgIpc) is 2.96. The zero-order chi connectivity index (χ0) is 19.6. The average molecular weight is 388 g/mol. The van der Waals surface area contributed by atoms with E-state index in [1.807, 2.05) is 13.8 Å². The number of nitrogens with zero attached hydrogens (tertiary/aromatic N) is 1. The predicted octanol–water partition coefficient (Wildman–Crippen LogP) is 1.35. The summed E-state index contributed by atoms with van der Waals surface area (Å²) in [6.07, 6.45) is 3.70. The van der Waals surface area contributed by atoms with Gasteiger partial charge in [-0.25, -0.2) is 0 Å². The van der Waals surface area contributed by atoms with Crippen molar-refractivity contribution in [2.75, 3.05) is 5.32 Å². The van der Waals surface area contributed by atoms with Crippen LogP contribution in [0.4, 0.5) is 5.00 Å². The second-order valence-corrected chi connectivity index (χ2v) is 7.89. The molecule has 0 radical (unpaired) electrons. The van der Waals surface area contributed by atoms with E-state index < -0.39 is 23.3 Å². The molecule has 0 atom stereocenters. The number of amides is 3. The molecule has 0 aliphatic carbocycles. The fourth-order valence-corrected chi connectivity index (χ4v) is 3.96. The Balaban J connectivity index is 1.73. The fraction of sp³-hybridized carbons (Fsp3) is 0.333. The molecule has 1 aliphatic rings. The van der Waals surface area contributed by atoms with Crippen LogP contribution in [-0.4, -0.2) is 28.3 Å². The number of rotatable bonds is 4. The number of hydrogen-bond acceptors (Lipinski definition) is 6. The Bertz CT molecular complexity index is 892. The van der Waals surface area contributed by atoms with Crippen LogP contribution in [0.3, 0.4) is 0 Å². The molecule has 4 N–H and O–H groups in total. The lowest BCUT2D eigenvalue weighted by molar-refractivity contribution is -0.136. The Morgan fingerprint density at radius 3 is 2.63 bits per heavy atom. The van der Waals surface area contributed by atoms with E-state index in [2.05, 4.69) is 15.6 Å². The van der Waals surface area contributed by atoms with Crippen molar-refractivity contribution in [3.05, 3.63) is 46.1 Å². The molecule has 142 valence electrons. The van der Waals surface area contributed by atoms with Gasteiger partial charge in [0.15, 0.2) is 0 Å². The van der Waals surface area contributed by atoms with E-state index in [0.717, 1.165) is 16.0 Å². The van der Waals surface area contributed by atoms with E-state index in [-0.39, 0.29) is 17.1 Å². The van der Waals surface area contributed by atoms with E-state index >= 15 is 0 Å². The molecule has 0 unspecified atom stereocenters. The normalized spacial score (nSPS) is 14.9. The third kappa shape index (κ3) is 4.32. The van der Waals surface area contributed by atoms with Crippen LogP contribution in [0.2, 0.25) is 0 Å². The SMILES string of the molecule is CC1(C)Cc2c(sc(NC(=O)C(=O)NCc3ccncc3)c2C(N)=O)CO1. The molecule has 0 saturated heterocycles. The summed E-state index contributed by atoms with van der Waals surface area (Å²) in [6.45, 7) is 4.37. The lowest BCUT2D eigenvalue weighted by atomic mass is 9.93. The van der Waals surface area contributed by atoms with Crippen molar-refractivity contribution in [1.29, 1.82) is 0 Å². The van der Waals surface area contributed by atoms with Crippen LogP contribution in [0.25, 0.3) is 0 Å². The number of aromatic nitrogens is 1. The second-order valence-electron chi connectivity index (χ2n) is 6.79. The van der Waals surface area contributed by atoms with Crippen LogP contribution in [0.15, 0.2) is 24.5 Å². The van der Waals surface area contributed by atoms with Gasteiger partial charge >= 0.3 is 11.8 Å². The summed E-state index contributed by atoms with van der Waals surface area (Å²) in [6, 6.07) is 3.47. The number of hydrogen-bond donors (Lipinski definition) is 3. The van der Waals surface area contributed by atoms with Gasteiger partial charge in [-0.2, -0.15) is 0 Å². The van der Waals surface area contributed by atoms with Crippen molar-refractivity contribution >= 4 is 34.1 Å². The molecule has 2 aromatic heterocycles. The zero-order valence-electron chi connectivity index (χ0n) is 15.0. The molecule has 0 fully saturated rings. The summed E-state index contributed by atoms with van der Waals surface area (Å²) in [4.78, 5) is 41.0. The number of carbonyl (C=O) groups is 3. The molecule has 9 heteroatoms. The molecule has 0 aromatic carbocycles. The first kappa shape index (κ1) is 19.0. The van der Waals surface area contributed by atoms with E-state index in [4.69, 9.17) is 10.5 Å². The monoisotopic (exact) mass is 388 g/mol. The Morgan fingerprint density at radius 1 is 1.26 bits per heavy atom. The fourth-order valence-electron chi connectivity index (χ4n) is 2.83. The van der Waals surface area contributed by atoms with Crippen LogP contribution in [-0.2, 0) is 33.9 Å². The molecule has 1 aliphatic heterocycles. The van der Waals surface area contributed by atoms with Gasteiger partial charge in [0, 0.05) is 30.2 Å². The van der Waals surface area contributed by atoms with Gasteiger partial charge in [-0.15, -0.1) is 11.3 Å². The second kappa shape index (κ2) is 7.45. The Labute approximate surface area is 160 Å². The largest absolute Gasteiger partial charge is 0.370 e. The molecule has 3 heterocycles. The van der Waals surface area contributed by atoms with Crippen LogP contribution in [0.5, 0.6) is 0 Å². The summed E-state index contributed by atoms with van der Waals surface area (Å²) >= 11 is 1.21. The minimum absolute atomic E-state index is 0.195. The maximum atomic E-state index is 12.2. The number of primary amides is 1. The van der Waals surface area contributed by atoms with Gasteiger partial charge in [0.05, 0.1) is 17.8 Å². The van der Waals surface area contributed by atoms with E-state index in [0.29, 0.717) is 13.0 Å². The first-order valence-electron chi connectivity index (χ1n) is 8.33. The highest BCUT2D eigenvalue weighted by Gasteiger charge is 2.33. The highest BCUT2D eigenvalue weighted by molar-refractivity contribution is 7.17. The maximum absolute atomic E-state index is 12.2. The van der Waals surface area contributed by atoms with Gasteiger partial charge in [-0.1, -0.05) is 0 Å². The van der Waals surface area contributed by atoms with Gasteiger partial charge in [0.2, 0.25) is 0 Å². The summed E-state index contributed by atoms with van der Waals surface area (Å²) < 4.78 is 5.74. The number of nitrogens with one attached hydrogen (secondary N) is 2. The third-order valence-electron chi connectivity index (χ3n) is 4.17. The predicted molar refractivity (Wildman–Crippen MR) is 100 cm³/mol. The first-order chi connectivity index (χ1) is 12.8. The van der Waals surface area contributed by atoms with Gasteiger partial charge < -0.3 is 21.1 Å². The summed E-state index contributed by atoms with van der Waals surface area (Å²) in [5, 5.41) is 5.31. The van der Waals surface area contributed by atoms with Crippen molar-refractivity contribution in [3.8, 4) is 0 Å². The number of anilines is 1. The molecular formula is C18H20N4O4S. The van der Waals surface area contributed by atoms with Crippen molar-refractivity contribution in [1.82, 2.24) is 10.3 Å². The number of thiophene rings is 1. The van der Waals surface area contributed by atoms with Gasteiger partial charge in [-0.05, 0) is 37.1 Å². The standard InChI is InChI=1S/C18H20N4O4S/c1-18(2)7-11-12(9-26-18)27-17(13(11)14(19)23)22-16(25)15(24)21-8-10-3-5-20-6-4-10/h3-6H,7-9H2,1-2H3,(H2,19,23)(H,21,24)(H,22,25). The quantitative estimate of drug-likeness (QED) is 0.682. The van der Waals surface area contributed by atoms with Crippen LogP contribution >= 0.6 is 11.3 Å². The number of carbonyl (C=O) groups excluding carboxylic acids is 3.